The molecule has 0 aliphatic carbocycles. The van der Waals surface area contributed by atoms with Crippen LogP contribution in [-0.2, 0) is 9.59 Å². The topological polar surface area (TPSA) is 69.6 Å². The van der Waals surface area contributed by atoms with Crippen molar-refractivity contribution in [1.29, 1.82) is 0 Å². The number of hydrogen-bond acceptors (Lipinski definition) is 3. The minimum atomic E-state index is -0.923. The molecule has 90 valence electrons. The summed E-state index contributed by atoms with van der Waals surface area (Å²) >= 11 is 0. The quantitative estimate of drug-likeness (QED) is 0.520. The minimum absolute atomic E-state index is 0.0962. The number of rotatable bonds is 5. The summed E-state index contributed by atoms with van der Waals surface area (Å²) in [7, 11) is 0. The van der Waals surface area contributed by atoms with Crippen LogP contribution in [0.15, 0.2) is 11.6 Å². The van der Waals surface area contributed by atoms with Gasteiger partial charge >= 0.3 is 5.97 Å². The molecule has 16 heavy (non-hydrogen) atoms. The Morgan fingerprint density at radius 1 is 1.38 bits per heavy atom. The van der Waals surface area contributed by atoms with Gasteiger partial charge in [-0.05, 0) is 19.8 Å². The highest BCUT2D eigenvalue weighted by atomic mass is 16.4. The summed E-state index contributed by atoms with van der Waals surface area (Å²) in [5.74, 6) is -0.827. The van der Waals surface area contributed by atoms with E-state index >= 15 is 0 Å². The minimum Gasteiger partial charge on any atom is -0.478 e. The molecule has 5 nitrogen and oxygen atoms in total. The summed E-state index contributed by atoms with van der Waals surface area (Å²) in [4.78, 5) is 23.8. The lowest BCUT2D eigenvalue weighted by Gasteiger charge is -2.14. The summed E-state index contributed by atoms with van der Waals surface area (Å²) in [5.41, 5.74) is 0.293. The number of likely N-dealkylation sites (tertiary alicyclic amines) is 1. The first-order valence-corrected chi connectivity index (χ1v) is 5.50. The molecule has 2 N–H and O–H groups in total. The second-order valence-corrected chi connectivity index (χ2v) is 3.91. The zero-order chi connectivity index (χ0) is 12.0. The number of carbonyl (C=O) groups excluding carboxylic acids is 1. The van der Waals surface area contributed by atoms with Crippen LogP contribution >= 0.6 is 0 Å². The van der Waals surface area contributed by atoms with Crippen LogP contribution in [0.5, 0.6) is 0 Å². The smallest absolute Gasteiger partial charge is 0.330 e. The lowest BCUT2D eigenvalue weighted by atomic mass is 10.3. The fraction of sp³-hybridized carbons (Fsp3) is 0.636. The van der Waals surface area contributed by atoms with Gasteiger partial charge in [-0.1, -0.05) is 6.08 Å². The molecule has 1 saturated heterocycles. The third kappa shape index (κ3) is 4.02. The molecule has 0 aromatic heterocycles. The van der Waals surface area contributed by atoms with Gasteiger partial charge in [-0.15, -0.1) is 0 Å². The van der Waals surface area contributed by atoms with Crippen molar-refractivity contribution in [3.05, 3.63) is 11.6 Å². The van der Waals surface area contributed by atoms with Crippen molar-refractivity contribution in [2.75, 3.05) is 26.2 Å². The predicted octanol–water partition coefficient (Wildman–Crippen LogP) is 0.229. The Morgan fingerprint density at radius 3 is 2.56 bits per heavy atom. The summed E-state index contributed by atoms with van der Waals surface area (Å²) in [6, 6.07) is 0. The molecule has 0 atom stereocenters. The summed E-state index contributed by atoms with van der Waals surface area (Å²) in [6.07, 6.45) is 3.74. The molecule has 0 saturated carbocycles. The molecule has 0 aromatic rings. The number of nitrogens with one attached hydrogen (secondary N) is 1. The highest BCUT2D eigenvalue weighted by molar-refractivity contribution is 5.85. The third-order valence-electron chi connectivity index (χ3n) is 2.62. The Labute approximate surface area is 95.1 Å². The van der Waals surface area contributed by atoms with E-state index in [-0.39, 0.29) is 12.5 Å². The maximum Gasteiger partial charge on any atom is 0.330 e. The van der Waals surface area contributed by atoms with Gasteiger partial charge in [0.15, 0.2) is 0 Å². The van der Waals surface area contributed by atoms with E-state index in [1.54, 1.807) is 6.08 Å². The Kier molecular flexibility index (Phi) is 4.98. The van der Waals surface area contributed by atoms with E-state index < -0.39 is 5.97 Å². The summed E-state index contributed by atoms with van der Waals surface area (Å²) in [6.45, 7) is 3.93. The monoisotopic (exact) mass is 226 g/mol. The average Bonchev–Trinajstić information content (AvgIpc) is 2.76. The zero-order valence-corrected chi connectivity index (χ0v) is 9.53. The molecule has 0 bridgehead atoms. The van der Waals surface area contributed by atoms with Crippen LogP contribution < -0.4 is 5.32 Å². The number of amides is 1. The van der Waals surface area contributed by atoms with Crippen molar-refractivity contribution >= 4 is 11.9 Å². The number of aliphatic carboxylic acids is 1. The van der Waals surface area contributed by atoms with Gasteiger partial charge in [0.05, 0.1) is 6.54 Å². The maximum absolute atomic E-state index is 11.6. The molecule has 1 aliphatic rings. The first-order valence-electron chi connectivity index (χ1n) is 5.50. The molecule has 1 rings (SSSR count). The highest BCUT2D eigenvalue weighted by Crippen LogP contribution is 2.06. The number of carboxylic acids is 1. The largest absolute Gasteiger partial charge is 0.478 e. The average molecular weight is 226 g/mol. The molecule has 1 fully saturated rings. The van der Waals surface area contributed by atoms with Crippen LogP contribution in [0, 0.1) is 0 Å². The fourth-order valence-electron chi connectivity index (χ4n) is 1.57. The Bertz CT molecular complexity index is 294. The van der Waals surface area contributed by atoms with E-state index in [2.05, 4.69) is 5.32 Å². The standard InChI is InChI=1S/C11H18N2O3/c1-9(11(15)16)4-5-12-8-10(14)13-6-2-3-7-13/h4,12H,2-3,5-8H2,1H3,(H,15,16). The summed E-state index contributed by atoms with van der Waals surface area (Å²) < 4.78 is 0. The van der Waals surface area contributed by atoms with Gasteiger partial charge in [-0.2, -0.15) is 0 Å². The molecule has 0 aromatic carbocycles. The Hall–Kier alpha value is -1.36. The normalized spacial score (nSPS) is 16.6. The fourth-order valence-corrected chi connectivity index (χ4v) is 1.57. The van der Waals surface area contributed by atoms with E-state index in [9.17, 15) is 9.59 Å². The van der Waals surface area contributed by atoms with Crippen molar-refractivity contribution in [2.24, 2.45) is 0 Å². The summed E-state index contributed by atoms with van der Waals surface area (Å²) in [5, 5.41) is 11.5. The number of carboxylic acid groups (broad SMARTS) is 1. The SMILES string of the molecule is CC(=CCNCC(=O)N1CCCC1)C(=O)O. The van der Waals surface area contributed by atoms with Gasteiger partial charge in [0.25, 0.3) is 0 Å². The molecule has 5 heteroatoms. The van der Waals surface area contributed by atoms with E-state index in [0.717, 1.165) is 25.9 Å². The van der Waals surface area contributed by atoms with Crippen molar-refractivity contribution in [1.82, 2.24) is 10.2 Å². The van der Waals surface area contributed by atoms with E-state index in [1.165, 1.54) is 6.92 Å². The lowest BCUT2D eigenvalue weighted by molar-refractivity contribution is -0.132. The molecule has 0 unspecified atom stereocenters. The van der Waals surface area contributed by atoms with E-state index in [4.69, 9.17) is 5.11 Å². The van der Waals surface area contributed by atoms with Gasteiger partial charge in [0, 0.05) is 25.2 Å². The van der Waals surface area contributed by atoms with Crippen molar-refractivity contribution < 1.29 is 14.7 Å². The van der Waals surface area contributed by atoms with Crippen LogP contribution in [0.2, 0.25) is 0 Å². The van der Waals surface area contributed by atoms with Crippen LogP contribution in [0.4, 0.5) is 0 Å². The second kappa shape index (κ2) is 6.27. The first-order chi connectivity index (χ1) is 7.61. The Morgan fingerprint density at radius 2 is 2.00 bits per heavy atom. The zero-order valence-electron chi connectivity index (χ0n) is 9.53. The molecule has 1 heterocycles. The number of carbonyl (C=O) groups is 2. The second-order valence-electron chi connectivity index (χ2n) is 3.91. The molecule has 0 radical (unpaired) electrons. The molecular weight excluding hydrogens is 208 g/mol. The van der Waals surface area contributed by atoms with Crippen LogP contribution in [0.1, 0.15) is 19.8 Å². The van der Waals surface area contributed by atoms with Gasteiger partial charge in [-0.25, -0.2) is 4.79 Å². The van der Waals surface area contributed by atoms with Crippen LogP contribution in [0.3, 0.4) is 0 Å². The molecule has 0 spiro atoms. The highest BCUT2D eigenvalue weighted by Gasteiger charge is 2.16. The number of hydrogen-bond donors (Lipinski definition) is 2. The van der Waals surface area contributed by atoms with Crippen molar-refractivity contribution in [3.8, 4) is 0 Å². The van der Waals surface area contributed by atoms with Crippen LogP contribution in [-0.4, -0.2) is 48.1 Å². The third-order valence-corrected chi connectivity index (χ3v) is 2.62. The van der Waals surface area contributed by atoms with Gasteiger partial charge in [-0.3, -0.25) is 4.79 Å². The van der Waals surface area contributed by atoms with Gasteiger partial charge in [0.1, 0.15) is 0 Å². The molecule has 1 aliphatic heterocycles. The molecular formula is C11H18N2O3. The van der Waals surface area contributed by atoms with E-state index in [0.29, 0.717) is 12.1 Å². The first kappa shape index (κ1) is 12.7. The Balaban J connectivity index is 2.17. The predicted molar refractivity (Wildman–Crippen MR) is 60.1 cm³/mol. The van der Waals surface area contributed by atoms with Crippen molar-refractivity contribution in [3.63, 3.8) is 0 Å². The van der Waals surface area contributed by atoms with E-state index in [1.807, 2.05) is 4.90 Å². The van der Waals surface area contributed by atoms with Crippen LogP contribution in [0.25, 0.3) is 0 Å². The maximum atomic E-state index is 11.6. The number of nitrogens with zero attached hydrogens (tertiary/aromatic N) is 1. The van der Waals surface area contributed by atoms with Gasteiger partial charge in [0.2, 0.25) is 5.91 Å². The van der Waals surface area contributed by atoms with Crippen molar-refractivity contribution in [2.45, 2.75) is 19.8 Å². The molecule has 1 amide bonds. The van der Waals surface area contributed by atoms with Gasteiger partial charge < -0.3 is 15.3 Å². The lowest BCUT2D eigenvalue weighted by Crippen LogP contribution is -2.36.